The molecule has 2 heterocycles. The van der Waals surface area contributed by atoms with Crippen LogP contribution in [0, 0.1) is 0 Å². The molecule has 0 saturated heterocycles. The highest BCUT2D eigenvalue weighted by Crippen LogP contribution is 2.24. The van der Waals surface area contributed by atoms with Crippen molar-refractivity contribution in [3.05, 3.63) is 22.1 Å². The summed E-state index contributed by atoms with van der Waals surface area (Å²) in [5, 5.41) is 7.28. The summed E-state index contributed by atoms with van der Waals surface area (Å²) < 4.78 is 0. The second-order valence-corrected chi connectivity index (χ2v) is 5.28. The molecule has 0 fully saturated rings. The number of rotatable bonds is 5. The van der Waals surface area contributed by atoms with Gasteiger partial charge in [-0.25, -0.2) is 4.98 Å². The van der Waals surface area contributed by atoms with Gasteiger partial charge in [0.1, 0.15) is 16.6 Å². The van der Waals surface area contributed by atoms with Crippen LogP contribution in [0.5, 0.6) is 0 Å². The summed E-state index contributed by atoms with van der Waals surface area (Å²) in [4.78, 5) is 13.9. The van der Waals surface area contributed by atoms with Crippen molar-refractivity contribution in [3.63, 3.8) is 0 Å². The van der Waals surface area contributed by atoms with Crippen LogP contribution in [-0.4, -0.2) is 22.0 Å². The lowest BCUT2D eigenvalue weighted by molar-refractivity contribution is 0.859. The van der Waals surface area contributed by atoms with Gasteiger partial charge in [-0.2, -0.15) is 9.97 Å². The topological polar surface area (TPSA) is 88.8 Å². The third-order valence-corrected chi connectivity index (χ3v) is 3.98. The van der Waals surface area contributed by atoms with E-state index in [4.69, 9.17) is 5.73 Å². The van der Waals surface area contributed by atoms with Crippen LogP contribution < -0.4 is 16.4 Å². The van der Waals surface area contributed by atoms with E-state index in [2.05, 4.69) is 39.4 Å². The van der Waals surface area contributed by atoms with Gasteiger partial charge in [0, 0.05) is 24.2 Å². The summed E-state index contributed by atoms with van der Waals surface area (Å²) in [5.74, 6) is 1.63. The minimum Gasteiger partial charge on any atom is -0.373 e. The number of aryl methyl sites for hydroxylation is 1. The average Bonchev–Trinajstić information content (AvgIpc) is 2.86. The number of hydrogen-bond donors (Lipinski definition) is 3. The quantitative estimate of drug-likeness (QED) is 0.777. The van der Waals surface area contributed by atoms with Gasteiger partial charge >= 0.3 is 0 Å². The lowest BCUT2D eigenvalue weighted by Gasteiger charge is -2.13. The van der Waals surface area contributed by atoms with Crippen molar-refractivity contribution < 1.29 is 0 Å². The molecule has 7 heteroatoms. The molecule has 1 atom stereocenters. The van der Waals surface area contributed by atoms with Gasteiger partial charge < -0.3 is 16.4 Å². The standard InChI is InChI=1S/C12H18N6S/c1-4-8-6-15-11(19-8)7(2)16-10-5-9(14-3)17-12(13)18-10/h5-7H,4H2,1-3H3,(H4,13,14,16,17,18). The van der Waals surface area contributed by atoms with Gasteiger partial charge in [0.2, 0.25) is 5.95 Å². The van der Waals surface area contributed by atoms with Gasteiger partial charge in [-0.3, -0.25) is 0 Å². The van der Waals surface area contributed by atoms with E-state index in [-0.39, 0.29) is 12.0 Å². The highest BCUT2D eigenvalue weighted by atomic mass is 32.1. The number of nitrogen functional groups attached to an aromatic ring is 1. The summed E-state index contributed by atoms with van der Waals surface area (Å²) >= 11 is 1.71. The maximum atomic E-state index is 5.66. The predicted molar refractivity (Wildman–Crippen MR) is 79.5 cm³/mol. The first-order valence-electron chi connectivity index (χ1n) is 6.15. The normalized spacial score (nSPS) is 12.2. The van der Waals surface area contributed by atoms with Gasteiger partial charge in [0.05, 0.1) is 6.04 Å². The zero-order chi connectivity index (χ0) is 13.8. The summed E-state index contributed by atoms with van der Waals surface area (Å²) in [6.07, 6.45) is 2.93. The van der Waals surface area contributed by atoms with E-state index in [1.807, 2.05) is 12.3 Å². The van der Waals surface area contributed by atoms with Crippen LogP contribution >= 0.6 is 11.3 Å². The summed E-state index contributed by atoms with van der Waals surface area (Å²) in [5.41, 5.74) is 5.66. The maximum absolute atomic E-state index is 5.66. The first-order valence-corrected chi connectivity index (χ1v) is 6.97. The molecule has 2 aromatic heterocycles. The molecular weight excluding hydrogens is 260 g/mol. The molecule has 6 nitrogen and oxygen atoms in total. The summed E-state index contributed by atoms with van der Waals surface area (Å²) in [7, 11) is 1.79. The average molecular weight is 278 g/mol. The molecule has 0 aromatic carbocycles. The van der Waals surface area contributed by atoms with Crippen LogP contribution in [0.4, 0.5) is 17.6 Å². The highest BCUT2D eigenvalue weighted by molar-refractivity contribution is 7.11. The van der Waals surface area contributed by atoms with Crippen LogP contribution in [0.15, 0.2) is 12.3 Å². The number of nitrogens with two attached hydrogens (primary N) is 1. The largest absolute Gasteiger partial charge is 0.373 e. The van der Waals surface area contributed by atoms with Crippen molar-refractivity contribution in [2.45, 2.75) is 26.3 Å². The summed E-state index contributed by atoms with van der Waals surface area (Å²) in [6.45, 7) is 4.18. The van der Waals surface area contributed by atoms with Crippen LogP contribution in [0.1, 0.15) is 29.8 Å². The Labute approximate surface area is 116 Å². The van der Waals surface area contributed by atoms with Gasteiger partial charge in [0.25, 0.3) is 0 Å². The molecule has 0 amide bonds. The lowest BCUT2D eigenvalue weighted by Crippen LogP contribution is -2.10. The predicted octanol–water partition coefficient (Wildman–Crippen LogP) is 2.29. The van der Waals surface area contributed by atoms with Crippen molar-refractivity contribution >= 4 is 28.9 Å². The van der Waals surface area contributed by atoms with Crippen LogP contribution in [-0.2, 0) is 6.42 Å². The fourth-order valence-corrected chi connectivity index (χ4v) is 2.50. The van der Waals surface area contributed by atoms with Gasteiger partial charge in [-0.05, 0) is 13.3 Å². The zero-order valence-corrected chi connectivity index (χ0v) is 12.1. The molecule has 0 radical (unpaired) electrons. The van der Waals surface area contributed by atoms with Crippen molar-refractivity contribution in [1.29, 1.82) is 0 Å². The Bertz CT molecular complexity index is 553. The molecular formula is C12H18N6S. The monoisotopic (exact) mass is 278 g/mol. The van der Waals surface area contributed by atoms with Crippen LogP contribution in [0.2, 0.25) is 0 Å². The maximum Gasteiger partial charge on any atom is 0.223 e. The molecule has 1 unspecified atom stereocenters. The molecule has 0 aliphatic carbocycles. The third-order valence-electron chi connectivity index (χ3n) is 2.65. The van der Waals surface area contributed by atoms with Crippen molar-refractivity contribution in [2.75, 3.05) is 23.4 Å². The molecule has 0 aliphatic heterocycles. The van der Waals surface area contributed by atoms with E-state index in [1.165, 1.54) is 4.88 Å². The van der Waals surface area contributed by atoms with Gasteiger partial charge in [0.15, 0.2) is 0 Å². The Balaban J connectivity index is 2.13. The minimum atomic E-state index is 0.0873. The SMILES string of the molecule is CCc1cnc(C(C)Nc2cc(NC)nc(N)n2)s1. The van der Waals surface area contributed by atoms with E-state index < -0.39 is 0 Å². The Morgan fingerprint density at radius 2 is 2.11 bits per heavy atom. The molecule has 4 N–H and O–H groups in total. The van der Waals surface area contributed by atoms with Crippen LogP contribution in [0.3, 0.4) is 0 Å². The number of thiazole rings is 1. The molecule has 0 saturated carbocycles. The molecule has 19 heavy (non-hydrogen) atoms. The van der Waals surface area contributed by atoms with E-state index in [9.17, 15) is 0 Å². The second kappa shape index (κ2) is 5.83. The fraction of sp³-hybridized carbons (Fsp3) is 0.417. The lowest BCUT2D eigenvalue weighted by atomic mass is 10.3. The van der Waals surface area contributed by atoms with E-state index in [1.54, 1.807) is 18.4 Å². The second-order valence-electron chi connectivity index (χ2n) is 4.13. The molecule has 0 aliphatic rings. The zero-order valence-electron chi connectivity index (χ0n) is 11.3. The van der Waals surface area contributed by atoms with Gasteiger partial charge in [-0.15, -0.1) is 11.3 Å². The van der Waals surface area contributed by atoms with Gasteiger partial charge in [-0.1, -0.05) is 6.92 Å². The van der Waals surface area contributed by atoms with E-state index in [0.29, 0.717) is 11.6 Å². The fourth-order valence-electron chi connectivity index (χ4n) is 1.64. The number of nitrogens with one attached hydrogen (secondary N) is 2. The Kier molecular flexibility index (Phi) is 4.16. The Morgan fingerprint density at radius 3 is 2.74 bits per heavy atom. The first kappa shape index (κ1) is 13.5. The first-order chi connectivity index (χ1) is 9.12. The molecule has 102 valence electrons. The Morgan fingerprint density at radius 1 is 1.37 bits per heavy atom. The highest BCUT2D eigenvalue weighted by Gasteiger charge is 2.11. The molecule has 0 bridgehead atoms. The third kappa shape index (κ3) is 3.31. The van der Waals surface area contributed by atoms with Crippen molar-refractivity contribution in [1.82, 2.24) is 15.0 Å². The number of aromatic nitrogens is 3. The number of anilines is 3. The Hall–Kier alpha value is -1.89. The number of nitrogens with zero attached hydrogens (tertiary/aromatic N) is 3. The summed E-state index contributed by atoms with van der Waals surface area (Å²) in [6, 6.07) is 1.91. The van der Waals surface area contributed by atoms with E-state index >= 15 is 0 Å². The molecule has 2 aromatic rings. The van der Waals surface area contributed by atoms with E-state index in [0.717, 1.165) is 11.4 Å². The molecule has 0 spiro atoms. The smallest absolute Gasteiger partial charge is 0.223 e. The van der Waals surface area contributed by atoms with Crippen molar-refractivity contribution in [2.24, 2.45) is 0 Å². The molecule has 2 rings (SSSR count). The number of hydrogen-bond acceptors (Lipinski definition) is 7. The van der Waals surface area contributed by atoms with Crippen molar-refractivity contribution in [3.8, 4) is 0 Å². The minimum absolute atomic E-state index is 0.0873. The van der Waals surface area contributed by atoms with Crippen LogP contribution in [0.25, 0.3) is 0 Å².